The van der Waals surface area contributed by atoms with Gasteiger partial charge < -0.3 is 10.6 Å². The van der Waals surface area contributed by atoms with Gasteiger partial charge in [0.2, 0.25) is 5.96 Å². The second-order valence-corrected chi connectivity index (χ2v) is 3.68. The van der Waals surface area contributed by atoms with Crippen molar-refractivity contribution in [1.82, 2.24) is 4.90 Å². The number of nitrogens with zero attached hydrogens (tertiary/aromatic N) is 3. The lowest BCUT2D eigenvalue weighted by molar-refractivity contribution is 0.302. The number of hydrogen-bond donors (Lipinski definition) is 1. The van der Waals surface area contributed by atoms with Crippen LogP contribution in [0.3, 0.4) is 0 Å². The lowest BCUT2D eigenvalue weighted by Crippen LogP contribution is -2.24. The van der Waals surface area contributed by atoms with Gasteiger partial charge in [0, 0.05) is 12.3 Å². The van der Waals surface area contributed by atoms with Gasteiger partial charge in [0.1, 0.15) is 0 Å². The van der Waals surface area contributed by atoms with Crippen LogP contribution in [0, 0.1) is 0 Å². The first-order valence-electron chi connectivity index (χ1n) is 5.64. The number of hydrogen-bond acceptors (Lipinski definition) is 2. The maximum atomic E-state index is 5.61. The highest BCUT2D eigenvalue weighted by atomic mass is 15.1. The van der Waals surface area contributed by atoms with Crippen LogP contribution in [0.25, 0.3) is 0 Å². The van der Waals surface area contributed by atoms with Gasteiger partial charge in [-0.3, -0.25) is 4.99 Å². The van der Waals surface area contributed by atoms with Crippen LogP contribution in [0.2, 0.25) is 0 Å². The molecule has 0 bridgehead atoms. The van der Waals surface area contributed by atoms with Crippen molar-refractivity contribution >= 4 is 11.7 Å². The molecule has 0 aromatic rings. The van der Waals surface area contributed by atoms with Gasteiger partial charge in [-0.2, -0.15) is 0 Å². The molecule has 0 saturated heterocycles. The van der Waals surface area contributed by atoms with E-state index >= 15 is 0 Å². The summed E-state index contributed by atoms with van der Waals surface area (Å²) in [5, 5.41) is 0. The summed E-state index contributed by atoms with van der Waals surface area (Å²) >= 11 is 0. The fraction of sp³-hybridized carbons (Fsp3) is 0.818. The minimum Gasteiger partial charge on any atom is -0.368 e. The van der Waals surface area contributed by atoms with Crippen molar-refractivity contribution in [1.29, 1.82) is 0 Å². The van der Waals surface area contributed by atoms with Crippen LogP contribution in [0.4, 0.5) is 0 Å². The molecule has 0 aliphatic carbocycles. The van der Waals surface area contributed by atoms with Gasteiger partial charge in [-0.05, 0) is 39.9 Å². The van der Waals surface area contributed by atoms with Crippen LogP contribution >= 0.6 is 0 Å². The minimum absolute atomic E-state index is 0.398. The Morgan fingerprint density at radius 1 is 1.20 bits per heavy atom. The lowest BCUT2D eigenvalue weighted by atomic mass is 10.4. The van der Waals surface area contributed by atoms with Gasteiger partial charge in [0.15, 0.2) is 0 Å². The zero-order valence-corrected chi connectivity index (χ0v) is 10.5. The van der Waals surface area contributed by atoms with Crippen molar-refractivity contribution in [3.8, 4) is 0 Å². The molecule has 0 radical (unpaired) electrons. The topological polar surface area (TPSA) is 54.0 Å². The van der Waals surface area contributed by atoms with E-state index in [0.29, 0.717) is 5.96 Å². The van der Waals surface area contributed by atoms with Gasteiger partial charge in [-0.1, -0.05) is 13.8 Å². The van der Waals surface area contributed by atoms with Crippen LogP contribution in [0.5, 0.6) is 0 Å². The highest BCUT2D eigenvalue weighted by molar-refractivity contribution is 5.93. The summed E-state index contributed by atoms with van der Waals surface area (Å²) < 4.78 is 0. The normalized spacial score (nSPS) is 11.9. The number of guanidine groups is 1. The molecule has 0 aliphatic rings. The van der Waals surface area contributed by atoms with Crippen LogP contribution in [0.15, 0.2) is 9.98 Å². The quantitative estimate of drug-likeness (QED) is 0.412. The molecule has 0 aliphatic heterocycles. The lowest BCUT2D eigenvalue weighted by Gasteiger charge is -2.16. The summed E-state index contributed by atoms with van der Waals surface area (Å²) in [4.78, 5) is 10.6. The Kier molecular flexibility index (Phi) is 7.91. The van der Waals surface area contributed by atoms with Crippen LogP contribution in [-0.4, -0.2) is 42.8 Å². The summed E-state index contributed by atoms with van der Waals surface area (Å²) in [6.45, 7) is 12.2. The van der Waals surface area contributed by atoms with E-state index in [4.69, 9.17) is 5.73 Å². The van der Waals surface area contributed by atoms with Crippen molar-refractivity contribution in [3.05, 3.63) is 0 Å². The highest BCUT2D eigenvalue weighted by Crippen LogP contribution is 1.91. The van der Waals surface area contributed by atoms with Crippen molar-refractivity contribution in [2.24, 2.45) is 15.7 Å². The zero-order chi connectivity index (χ0) is 11.7. The average Bonchev–Trinajstić information content (AvgIpc) is 2.17. The molecule has 0 fully saturated rings. The molecule has 0 heterocycles. The molecule has 0 amide bonds. The summed E-state index contributed by atoms with van der Waals surface area (Å²) in [6, 6.07) is 0. The Balaban J connectivity index is 3.73. The van der Waals surface area contributed by atoms with E-state index in [2.05, 4.69) is 28.7 Å². The highest BCUT2D eigenvalue weighted by Gasteiger charge is 1.97. The molecule has 0 aromatic carbocycles. The van der Waals surface area contributed by atoms with E-state index in [9.17, 15) is 0 Å². The zero-order valence-electron chi connectivity index (χ0n) is 10.5. The predicted molar refractivity (Wildman–Crippen MR) is 67.7 cm³/mol. The SMILES string of the molecule is CCN(CC)CCCN=C(N)N=C(C)C. The molecule has 15 heavy (non-hydrogen) atoms. The second-order valence-electron chi connectivity index (χ2n) is 3.68. The van der Waals surface area contributed by atoms with Gasteiger partial charge in [-0.25, -0.2) is 4.99 Å². The summed E-state index contributed by atoms with van der Waals surface area (Å²) in [5.41, 5.74) is 6.55. The summed E-state index contributed by atoms with van der Waals surface area (Å²) in [5.74, 6) is 0.398. The first kappa shape index (κ1) is 14.1. The van der Waals surface area contributed by atoms with Crippen LogP contribution in [0.1, 0.15) is 34.1 Å². The van der Waals surface area contributed by atoms with Crippen molar-refractivity contribution < 1.29 is 0 Å². The van der Waals surface area contributed by atoms with Gasteiger partial charge in [-0.15, -0.1) is 0 Å². The molecule has 4 heteroatoms. The van der Waals surface area contributed by atoms with Crippen LogP contribution in [-0.2, 0) is 0 Å². The number of nitrogens with two attached hydrogens (primary N) is 1. The number of rotatable bonds is 6. The van der Waals surface area contributed by atoms with Crippen molar-refractivity contribution in [2.45, 2.75) is 34.1 Å². The fourth-order valence-electron chi connectivity index (χ4n) is 1.29. The third-order valence-electron chi connectivity index (χ3n) is 2.14. The van der Waals surface area contributed by atoms with Gasteiger partial charge >= 0.3 is 0 Å². The van der Waals surface area contributed by atoms with Crippen molar-refractivity contribution in [3.63, 3.8) is 0 Å². The van der Waals surface area contributed by atoms with Crippen molar-refractivity contribution in [2.75, 3.05) is 26.2 Å². The molecular formula is C11H24N4. The summed E-state index contributed by atoms with van der Waals surface area (Å²) in [7, 11) is 0. The Bertz CT molecular complexity index is 213. The van der Waals surface area contributed by atoms with Gasteiger partial charge in [0.05, 0.1) is 0 Å². The standard InChI is InChI=1S/C11H24N4/c1-5-15(6-2)9-7-8-13-11(12)14-10(3)4/h5-9H2,1-4H3,(H2,12,13). The van der Waals surface area contributed by atoms with E-state index in [0.717, 1.165) is 38.3 Å². The first-order valence-corrected chi connectivity index (χ1v) is 5.64. The Morgan fingerprint density at radius 2 is 1.80 bits per heavy atom. The Labute approximate surface area is 93.3 Å². The third-order valence-corrected chi connectivity index (χ3v) is 2.14. The largest absolute Gasteiger partial charge is 0.368 e. The number of aliphatic imine (C=N–C) groups is 2. The third kappa shape index (κ3) is 8.12. The van der Waals surface area contributed by atoms with E-state index in [-0.39, 0.29) is 0 Å². The Morgan fingerprint density at radius 3 is 2.27 bits per heavy atom. The molecule has 0 spiro atoms. The van der Waals surface area contributed by atoms with E-state index < -0.39 is 0 Å². The smallest absolute Gasteiger partial charge is 0.215 e. The molecule has 2 N–H and O–H groups in total. The average molecular weight is 212 g/mol. The van der Waals surface area contributed by atoms with E-state index in [1.54, 1.807) is 0 Å². The summed E-state index contributed by atoms with van der Waals surface area (Å²) in [6.07, 6.45) is 1.04. The predicted octanol–water partition coefficient (Wildman–Crippen LogP) is 1.51. The molecule has 0 unspecified atom stereocenters. The maximum Gasteiger partial charge on any atom is 0.215 e. The fourth-order valence-corrected chi connectivity index (χ4v) is 1.29. The van der Waals surface area contributed by atoms with E-state index in [1.807, 2.05) is 13.8 Å². The van der Waals surface area contributed by atoms with Crippen LogP contribution < -0.4 is 5.73 Å². The maximum absolute atomic E-state index is 5.61. The molecule has 0 aromatic heterocycles. The second kappa shape index (κ2) is 8.41. The minimum atomic E-state index is 0.398. The Hall–Kier alpha value is -0.900. The molecule has 4 nitrogen and oxygen atoms in total. The molecule has 0 saturated carbocycles. The molecule has 88 valence electrons. The first-order chi connectivity index (χ1) is 7.10. The molecular weight excluding hydrogens is 188 g/mol. The molecule has 0 rings (SSSR count). The van der Waals surface area contributed by atoms with Gasteiger partial charge in [0.25, 0.3) is 0 Å². The monoisotopic (exact) mass is 212 g/mol. The van der Waals surface area contributed by atoms with E-state index in [1.165, 1.54) is 0 Å². The molecule has 0 atom stereocenters.